The number of pyridine rings is 1. The van der Waals surface area contributed by atoms with E-state index in [-0.39, 0.29) is 47.5 Å². The number of carbonyl (C=O) groups excluding carboxylic acids is 3. The summed E-state index contributed by atoms with van der Waals surface area (Å²) in [6.07, 6.45) is 7.37. The van der Waals surface area contributed by atoms with Crippen LogP contribution in [0.2, 0.25) is 5.15 Å². The number of hydrogen-bond donors (Lipinski definition) is 3. The number of imide groups is 1. The van der Waals surface area contributed by atoms with Crippen molar-refractivity contribution in [1.29, 1.82) is 0 Å². The number of nitrogens with one attached hydrogen (secondary N) is 3. The van der Waals surface area contributed by atoms with Gasteiger partial charge in [-0.3, -0.25) is 29.4 Å². The van der Waals surface area contributed by atoms with E-state index in [1.807, 2.05) is 18.2 Å². The lowest BCUT2D eigenvalue weighted by atomic mass is 9.86. The number of rotatable bonds is 10. The smallest absolute Gasteiger partial charge is 0.278 e. The van der Waals surface area contributed by atoms with Crippen molar-refractivity contribution in [3.8, 4) is 0 Å². The third kappa shape index (κ3) is 8.02. The number of piperazine rings is 1. The highest BCUT2D eigenvalue weighted by atomic mass is 35.5. The Labute approximate surface area is 360 Å². The first-order valence-electron chi connectivity index (χ1n) is 21.2. The number of piperidine rings is 2. The fourth-order valence-corrected chi connectivity index (χ4v) is 9.28. The van der Waals surface area contributed by atoms with Gasteiger partial charge in [0.1, 0.15) is 28.7 Å². The van der Waals surface area contributed by atoms with Crippen molar-refractivity contribution < 1.29 is 14.4 Å². The molecule has 0 bridgehead atoms. The largest absolute Gasteiger partial charge is 0.371 e. The number of aromatic nitrogens is 8. The normalized spacial score (nSPS) is 21.2. The maximum atomic E-state index is 13.4. The summed E-state index contributed by atoms with van der Waals surface area (Å²) in [5.41, 5.74) is 4.91. The van der Waals surface area contributed by atoms with Crippen molar-refractivity contribution in [2.24, 2.45) is 5.92 Å². The van der Waals surface area contributed by atoms with Gasteiger partial charge < -0.3 is 25.0 Å². The lowest BCUT2D eigenvalue weighted by Gasteiger charge is -2.40. The van der Waals surface area contributed by atoms with E-state index in [0.29, 0.717) is 33.8 Å². The quantitative estimate of drug-likeness (QED) is 0.132. The standard InChI is InChI=1S/C43H45ClN14O4/c44-36-3-1-2-34(50-36)41(60)49-28-20-31(21-28)57-25-47-38-39(45-24-46-40(38)57)48-27-4-6-29(7-5-27)56-18-16-54(17-19-56)23-26-12-14-55(15-13-26)30-8-9-33-32(22-30)43(62)58(53-52-33)35-10-11-37(59)51-42(35)61/h1-9,22,24-26,28,31,35H,10-21,23H2,(H,49,60)(H,45,46,48)(H,51,59,61)/t28?,31?,35-/m0/s1. The Balaban J connectivity index is 0.690. The Bertz CT molecular complexity index is 2720. The zero-order valence-electron chi connectivity index (χ0n) is 33.9. The third-order valence-electron chi connectivity index (χ3n) is 12.7. The second-order valence-electron chi connectivity index (χ2n) is 16.6. The number of hydrogen-bond acceptors (Lipinski definition) is 14. The monoisotopic (exact) mass is 856 g/mol. The number of amides is 3. The molecule has 0 radical (unpaired) electrons. The molecule has 10 rings (SSSR count). The molecule has 0 spiro atoms. The molecule has 318 valence electrons. The predicted molar refractivity (Wildman–Crippen MR) is 233 cm³/mol. The number of benzene rings is 2. The molecule has 19 heteroatoms. The van der Waals surface area contributed by atoms with Gasteiger partial charge in [-0.25, -0.2) is 19.9 Å². The first-order valence-corrected chi connectivity index (χ1v) is 21.5. The number of halogens is 1. The first kappa shape index (κ1) is 39.6. The Morgan fingerprint density at radius 2 is 1.63 bits per heavy atom. The zero-order valence-corrected chi connectivity index (χ0v) is 34.6. The highest BCUT2D eigenvalue weighted by Crippen LogP contribution is 2.36. The molecule has 18 nitrogen and oxygen atoms in total. The van der Waals surface area contributed by atoms with Gasteiger partial charge in [-0.15, -0.1) is 5.10 Å². The molecular weight excluding hydrogens is 812 g/mol. The van der Waals surface area contributed by atoms with Crippen LogP contribution in [-0.4, -0.2) is 114 Å². The van der Waals surface area contributed by atoms with E-state index in [4.69, 9.17) is 11.6 Å². The minimum Gasteiger partial charge on any atom is -0.371 e. The van der Waals surface area contributed by atoms with Crippen LogP contribution >= 0.6 is 11.6 Å². The maximum Gasteiger partial charge on any atom is 0.278 e. The first-order chi connectivity index (χ1) is 30.2. The molecular formula is C43H45ClN14O4. The van der Waals surface area contributed by atoms with Gasteiger partial charge in [-0.2, -0.15) is 4.68 Å². The number of carbonyl (C=O) groups is 3. The average Bonchev–Trinajstić information content (AvgIpc) is 3.70. The summed E-state index contributed by atoms with van der Waals surface area (Å²) < 4.78 is 3.17. The molecule has 3 aliphatic heterocycles. The molecule has 4 fully saturated rings. The Kier molecular flexibility index (Phi) is 10.7. The van der Waals surface area contributed by atoms with Gasteiger partial charge in [0.25, 0.3) is 17.4 Å². The molecule has 0 unspecified atom stereocenters. The topological polar surface area (TPSA) is 201 Å². The summed E-state index contributed by atoms with van der Waals surface area (Å²) in [6, 6.07) is 18.5. The van der Waals surface area contributed by atoms with Crippen molar-refractivity contribution in [2.75, 3.05) is 60.9 Å². The van der Waals surface area contributed by atoms with Crippen LogP contribution in [0.15, 0.2) is 78.1 Å². The Hall–Kier alpha value is -6.53. The number of imidazole rings is 1. The molecule has 2 aromatic carbocycles. The summed E-state index contributed by atoms with van der Waals surface area (Å²) in [5, 5.41) is 17.7. The predicted octanol–water partition coefficient (Wildman–Crippen LogP) is 3.87. The highest BCUT2D eigenvalue weighted by molar-refractivity contribution is 6.29. The SMILES string of the molecule is O=C1CC[C@H](n2nnc3ccc(N4CCC(CN5CCN(c6ccc(Nc7ncnc8c7ncn8C7CC(NC(=O)c8cccc(Cl)n8)C7)cc6)CC5)CC4)cc3c2=O)C(=O)N1. The highest BCUT2D eigenvalue weighted by Gasteiger charge is 2.34. The molecule has 1 aliphatic carbocycles. The van der Waals surface area contributed by atoms with Crippen LogP contribution < -0.4 is 31.3 Å². The van der Waals surface area contributed by atoms with E-state index in [1.54, 1.807) is 30.9 Å². The van der Waals surface area contributed by atoms with Crippen LogP contribution in [0.25, 0.3) is 22.1 Å². The molecule has 1 saturated carbocycles. The Morgan fingerprint density at radius 3 is 2.40 bits per heavy atom. The van der Waals surface area contributed by atoms with Crippen LogP contribution in [0.3, 0.4) is 0 Å². The third-order valence-corrected chi connectivity index (χ3v) is 12.9. The molecule has 7 heterocycles. The van der Waals surface area contributed by atoms with Crippen LogP contribution in [0.4, 0.5) is 22.9 Å². The fourth-order valence-electron chi connectivity index (χ4n) is 9.12. The molecule has 62 heavy (non-hydrogen) atoms. The Morgan fingerprint density at radius 1 is 0.855 bits per heavy atom. The molecule has 4 aliphatic rings. The van der Waals surface area contributed by atoms with Crippen molar-refractivity contribution in [3.63, 3.8) is 0 Å². The van der Waals surface area contributed by atoms with Gasteiger partial charge in [0.05, 0.1) is 11.7 Å². The van der Waals surface area contributed by atoms with Crippen LogP contribution in [-0.2, 0) is 9.59 Å². The van der Waals surface area contributed by atoms with Crippen molar-refractivity contribution in [1.82, 2.24) is 55.0 Å². The van der Waals surface area contributed by atoms with Crippen molar-refractivity contribution in [3.05, 3.63) is 94.5 Å². The number of fused-ring (bicyclic) bond motifs is 2. The lowest BCUT2D eigenvalue weighted by molar-refractivity contribution is -0.136. The van der Waals surface area contributed by atoms with Crippen molar-refractivity contribution >= 4 is 74.3 Å². The van der Waals surface area contributed by atoms with E-state index >= 15 is 0 Å². The van der Waals surface area contributed by atoms with E-state index in [2.05, 4.69) is 89.7 Å². The molecule has 3 N–H and O–H groups in total. The van der Waals surface area contributed by atoms with Crippen molar-refractivity contribution in [2.45, 2.75) is 56.7 Å². The summed E-state index contributed by atoms with van der Waals surface area (Å²) >= 11 is 5.96. The summed E-state index contributed by atoms with van der Waals surface area (Å²) in [6.45, 7) is 6.76. The van der Waals surface area contributed by atoms with Gasteiger partial charge in [-0.1, -0.05) is 22.9 Å². The average molecular weight is 857 g/mol. The fraction of sp³-hybridized carbons (Fsp3) is 0.395. The summed E-state index contributed by atoms with van der Waals surface area (Å²) in [5.74, 6) is 0.134. The number of nitrogens with zero attached hydrogens (tertiary/aromatic N) is 11. The number of anilines is 4. The van der Waals surface area contributed by atoms with Crippen LogP contribution in [0.5, 0.6) is 0 Å². The second-order valence-corrected chi connectivity index (χ2v) is 17.0. The van der Waals surface area contributed by atoms with Gasteiger partial charge in [0, 0.05) is 81.4 Å². The van der Waals surface area contributed by atoms with E-state index in [1.165, 1.54) is 5.69 Å². The van der Waals surface area contributed by atoms with Gasteiger partial charge in [0.2, 0.25) is 5.91 Å². The minimum absolute atomic E-state index is 0.0270. The molecule has 6 aromatic rings. The van der Waals surface area contributed by atoms with E-state index < -0.39 is 11.9 Å². The molecule has 1 atom stereocenters. The van der Waals surface area contributed by atoms with E-state index in [9.17, 15) is 19.2 Å². The minimum atomic E-state index is -0.847. The molecule has 4 aromatic heterocycles. The molecule has 3 amide bonds. The second kappa shape index (κ2) is 16.7. The summed E-state index contributed by atoms with van der Waals surface area (Å²) in [7, 11) is 0. The van der Waals surface area contributed by atoms with Crippen LogP contribution in [0.1, 0.15) is 61.1 Å². The maximum absolute atomic E-state index is 13.4. The zero-order chi connectivity index (χ0) is 42.3. The summed E-state index contributed by atoms with van der Waals surface area (Å²) in [4.78, 5) is 75.3. The molecule has 3 saturated heterocycles. The van der Waals surface area contributed by atoms with E-state index in [0.717, 1.165) is 93.2 Å². The van der Waals surface area contributed by atoms with Crippen LogP contribution in [0, 0.1) is 5.92 Å². The van der Waals surface area contributed by atoms with Gasteiger partial charge >= 0.3 is 0 Å². The van der Waals surface area contributed by atoms with Gasteiger partial charge in [-0.05, 0) is 92.6 Å². The van der Waals surface area contributed by atoms with Gasteiger partial charge in [0.15, 0.2) is 17.0 Å². The lowest BCUT2D eigenvalue weighted by Crippen LogP contribution is -2.49.